The first-order valence-corrected chi connectivity index (χ1v) is 8.39. The molecule has 2 N–H and O–H groups in total. The second kappa shape index (κ2) is 4.36. The molecule has 3 fully saturated rings. The number of aromatic nitrogens is 2. The van der Waals surface area contributed by atoms with Crippen LogP contribution in [0.25, 0.3) is 5.65 Å². The van der Waals surface area contributed by atoms with E-state index in [1.165, 1.54) is 23.3 Å². The van der Waals surface area contributed by atoms with Crippen molar-refractivity contribution in [3.05, 3.63) is 29.7 Å². The summed E-state index contributed by atoms with van der Waals surface area (Å²) >= 11 is 0. The lowest BCUT2D eigenvalue weighted by Gasteiger charge is -2.22. The van der Waals surface area contributed by atoms with Crippen molar-refractivity contribution in [2.75, 3.05) is 11.9 Å². The number of likely N-dealkylation sites (N-methyl/N-ethyl adjacent to an activating group) is 1. The molecule has 2 saturated carbocycles. The van der Waals surface area contributed by atoms with Crippen LogP contribution in [0.4, 0.5) is 10.5 Å². The van der Waals surface area contributed by atoms with Crippen LogP contribution in [0.3, 0.4) is 0 Å². The van der Waals surface area contributed by atoms with Gasteiger partial charge in [0.25, 0.3) is 5.91 Å². The normalized spacial score (nSPS) is 22.2. The number of amides is 3. The zero-order valence-corrected chi connectivity index (χ0v) is 13.5. The molecule has 3 aliphatic rings. The van der Waals surface area contributed by atoms with Crippen molar-refractivity contribution >= 4 is 23.3 Å². The van der Waals surface area contributed by atoms with Gasteiger partial charge in [0, 0.05) is 26.0 Å². The minimum absolute atomic E-state index is 0.104. The second-order valence-corrected chi connectivity index (χ2v) is 7.11. The first-order valence-electron chi connectivity index (χ1n) is 8.39. The lowest BCUT2D eigenvalue weighted by molar-refractivity contribution is -0.127. The van der Waals surface area contributed by atoms with Gasteiger partial charge in [-0.3, -0.25) is 14.6 Å². The van der Waals surface area contributed by atoms with E-state index in [-0.39, 0.29) is 11.9 Å². The molecule has 2 aromatic rings. The predicted octanol–water partition coefficient (Wildman–Crippen LogP) is 1.60. The van der Waals surface area contributed by atoms with E-state index in [0.717, 1.165) is 11.4 Å². The molecule has 7 nitrogen and oxygen atoms in total. The molecular formula is C17H19N5O2. The molecule has 1 spiro atoms. The number of carbonyl (C=O) groups excluding carboxylic acids is 2. The van der Waals surface area contributed by atoms with Crippen molar-refractivity contribution in [1.29, 1.82) is 0 Å². The Morgan fingerprint density at radius 3 is 2.67 bits per heavy atom. The van der Waals surface area contributed by atoms with Crippen LogP contribution in [0.5, 0.6) is 0 Å². The third kappa shape index (κ3) is 1.67. The predicted molar refractivity (Wildman–Crippen MR) is 87.7 cm³/mol. The van der Waals surface area contributed by atoms with Crippen LogP contribution in [0.1, 0.15) is 42.9 Å². The molecular weight excluding hydrogens is 306 g/mol. The average Bonchev–Trinajstić information content (AvgIpc) is 3.49. The maximum Gasteiger partial charge on any atom is 0.332 e. The summed E-state index contributed by atoms with van der Waals surface area (Å²) in [7, 11) is 1.56. The summed E-state index contributed by atoms with van der Waals surface area (Å²) in [5.74, 6) is 0.436. The third-order valence-electron chi connectivity index (χ3n) is 5.43. The molecule has 5 rings (SSSR count). The lowest BCUT2D eigenvalue weighted by atomic mass is 10.1. The van der Waals surface area contributed by atoms with Gasteiger partial charge >= 0.3 is 6.03 Å². The molecule has 0 radical (unpaired) electrons. The van der Waals surface area contributed by atoms with Crippen molar-refractivity contribution in [2.45, 2.75) is 43.7 Å². The highest BCUT2D eigenvalue weighted by molar-refractivity contribution is 6.19. The molecule has 3 heterocycles. The first kappa shape index (κ1) is 14.0. The largest absolute Gasteiger partial charge is 0.332 e. The number of carbonyl (C=O) groups is 2. The summed E-state index contributed by atoms with van der Waals surface area (Å²) in [6, 6.07) is 1.79. The zero-order valence-electron chi connectivity index (χ0n) is 13.5. The number of hydrogen-bond acceptors (Lipinski definition) is 4. The van der Waals surface area contributed by atoms with Crippen molar-refractivity contribution < 1.29 is 9.59 Å². The van der Waals surface area contributed by atoms with Crippen LogP contribution >= 0.6 is 0 Å². The summed E-state index contributed by atoms with van der Waals surface area (Å²) in [5.41, 5.74) is 8.46. The number of urea groups is 1. The molecule has 1 saturated heterocycles. The van der Waals surface area contributed by atoms with E-state index < -0.39 is 5.54 Å². The molecule has 0 bridgehead atoms. The highest BCUT2D eigenvalue weighted by Crippen LogP contribution is 2.51. The lowest BCUT2D eigenvalue weighted by Crippen LogP contribution is -2.37. The number of nitrogens with zero attached hydrogens (tertiary/aromatic N) is 4. The number of pyridine rings is 1. The summed E-state index contributed by atoms with van der Waals surface area (Å²) < 4.78 is 1.96. The number of nitrogens with two attached hydrogens (primary N) is 1. The standard InChI is InChI=1S/C17H19N5O2/c1-20-15(23)17(4-5-17)22(16(20)24)13-6-11(10-2-3-10)8-21-9-12(7-18)19-14(13)21/h6,8-10H,2-5,7,18H2,1H3. The van der Waals surface area contributed by atoms with Gasteiger partial charge in [0.05, 0.1) is 11.4 Å². The molecule has 1 aliphatic heterocycles. The van der Waals surface area contributed by atoms with E-state index in [4.69, 9.17) is 5.73 Å². The number of anilines is 1. The zero-order chi connectivity index (χ0) is 16.6. The fourth-order valence-corrected chi connectivity index (χ4v) is 3.77. The molecule has 7 heteroatoms. The van der Waals surface area contributed by atoms with Gasteiger partial charge in [-0.1, -0.05) is 0 Å². The topological polar surface area (TPSA) is 83.9 Å². The summed E-state index contributed by atoms with van der Waals surface area (Å²) in [6.07, 6.45) is 7.76. The van der Waals surface area contributed by atoms with Gasteiger partial charge in [0.15, 0.2) is 5.65 Å². The Labute approximate surface area is 139 Å². The Morgan fingerprint density at radius 1 is 1.29 bits per heavy atom. The molecule has 2 aliphatic carbocycles. The van der Waals surface area contributed by atoms with Gasteiger partial charge in [-0.05, 0) is 43.2 Å². The quantitative estimate of drug-likeness (QED) is 0.869. The summed E-state index contributed by atoms with van der Waals surface area (Å²) in [5, 5.41) is 0. The number of fused-ring (bicyclic) bond motifs is 1. The molecule has 2 aromatic heterocycles. The Balaban J connectivity index is 1.74. The molecule has 0 aromatic carbocycles. The Kier molecular flexibility index (Phi) is 2.54. The number of hydrogen-bond donors (Lipinski definition) is 1. The van der Waals surface area contributed by atoms with Crippen LogP contribution in [-0.2, 0) is 11.3 Å². The van der Waals surface area contributed by atoms with Crippen LogP contribution in [0.15, 0.2) is 18.5 Å². The van der Waals surface area contributed by atoms with Crippen molar-refractivity contribution in [1.82, 2.24) is 14.3 Å². The fourth-order valence-electron chi connectivity index (χ4n) is 3.77. The van der Waals surface area contributed by atoms with Crippen LogP contribution in [-0.4, -0.2) is 38.8 Å². The minimum Gasteiger partial charge on any atom is -0.325 e. The van der Waals surface area contributed by atoms with Gasteiger partial charge < -0.3 is 10.1 Å². The third-order valence-corrected chi connectivity index (χ3v) is 5.43. The monoisotopic (exact) mass is 325 g/mol. The molecule has 3 amide bonds. The van der Waals surface area contributed by atoms with Crippen molar-refractivity contribution in [3.63, 3.8) is 0 Å². The van der Waals surface area contributed by atoms with Gasteiger partial charge in [-0.25, -0.2) is 9.78 Å². The van der Waals surface area contributed by atoms with Crippen molar-refractivity contribution in [3.8, 4) is 0 Å². The number of imidazole rings is 1. The van der Waals surface area contributed by atoms with E-state index in [0.29, 0.717) is 31.0 Å². The van der Waals surface area contributed by atoms with E-state index in [1.807, 2.05) is 16.7 Å². The average molecular weight is 325 g/mol. The van der Waals surface area contributed by atoms with Gasteiger partial charge in [0.1, 0.15) is 5.54 Å². The molecule has 0 unspecified atom stereocenters. The van der Waals surface area contributed by atoms with E-state index >= 15 is 0 Å². The van der Waals surface area contributed by atoms with Gasteiger partial charge in [0.2, 0.25) is 0 Å². The fraction of sp³-hybridized carbons (Fsp3) is 0.471. The highest BCUT2D eigenvalue weighted by Gasteiger charge is 2.65. The maximum absolute atomic E-state index is 12.8. The molecule has 124 valence electrons. The SMILES string of the molecule is CN1C(=O)N(c2cc(C3CC3)cn3cc(CN)nc23)C2(CC2)C1=O. The summed E-state index contributed by atoms with van der Waals surface area (Å²) in [4.78, 5) is 32.8. The number of imide groups is 1. The van der Waals surface area contributed by atoms with Crippen molar-refractivity contribution in [2.24, 2.45) is 5.73 Å². The summed E-state index contributed by atoms with van der Waals surface area (Å²) in [6.45, 7) is 0.345. The minimum atomic E-state index is -0.691. The smallest absolute Gasteiger partial charge is 0.325 e. The van der Waals surface area contributed by atoms with Crippen LogP contribution in [0, 0.1) is 0 Å². The Morgan fingerprint density at radius 2 is 2.04 bits per heavy atom. The first-order chi connectivity index (χ1) is 11.5. The van der Waals surface area contributed by atoms with E-state index in [2.05, 4.69) is 11.2 Å². The Hall–Kier alpha value is -2.41. The van der Waals surface area contributed by atoms with E-state index in [9.17, 15) is 9.59 Å². The molecule has 24 heavy (non-hydrogen) atoms. The van der Waals surface area contributed by atoms with Gasteiger partial charge in [-0.15, -0.1) is 0 Å². The van der Waals surface area contributed by atoms with Gasteiger partial charge in [-0.2, -0.15) is 0 Å². The molecule has 0 atom stereocenters. The highest BCUT2D eigenvalue weighted by atomic mass is 16.2. The number of rotatable bonds is 3. The van der Waals surface area contributed by atoms with E-state index in [1.54, 1.807) is 11.9 Å². The van der Waals surface area contributed by atoms with Crippen LogP contribution in [0.2, 0.25) is 0 Å². The Bertz CT molecular complexity index is 894. The second-order valence-electron chi connectivity index (χ2n) is 7.11. The maximum atomic E-state index is 12.8. The van der Waals surface area contributed by atoms with Crippen LogP contribution < -0.4 is 10.6 Å².